The van der Waals surface area contributed by atoms with Crippen LogP contribution in [0.3, 0.4) is 0 Å². The van der Waals surface area contributed by atoms with Gasteiger partial charge in [0.25, 0.3) is 0 Å². The molecule has 2 nitrogen and oxygen atoms in total. The van der Waals surface area contributed by atoms with Crippen LogP contribution in [0.4, 0.5) is 0 Å². The fourth-order valence-electron chi connectivity index (χ4n) is 1.36. The Kier molecular flexibility index (Phi) is 1.68. The van der Waals surface area contributed by atoms with Crippen LogP contribution in [0, 0.1) is 0 Å². The third-order valence-corrected chi connectivity index (χ3v) is 3.06. The first-order valence-corrected chi connectivity index (χ1v) is 4.77. The highest BCUT2D eigenvalue weighted by Crippen LogP contribution is 2.30. The van der Waals surface area contributed by atoms with Gasteiger partial charge in [-0.1, -0.05) is 22.6 Å². The van der Waals surface area contributed by atoms with Crippen molar-refractivity contribution in [2.45, 2.75) is 23.3 Å². The minimum absolute atomic E-state index is 0.640. The quantitative estimate of drug-likeness (QED) is 0.508. The van der Waals surface area contributed by atoms with E-state index in [1.54, 1.807) is 0 Å². The largest absolute Gasteiger partial charge is 0.334 e. The number of nitrogens with zero attached hydrogens (tertiary/aromatic N) is 2. The summed E-state index contributed by atoms with van der Waals surface area (Å²) < 4.78 is 2.89. The zero-order valence-electron chi connectivity index (χ0n) is 5.63. The van der Waals surface area contributed by atoms with E-state index in [4.69, 9.17) is 0 Å². The second-order valence-corrected chi connectivity index (χ2v) is 4.09. The maximum absolute atomic E-state index is 4.29. The second-order valence-electron chi connectivity index (χ2n) is 2.59. The smallest absolute Gasteiger partial charge is 0.121 e. The molecule has 1 atom stereocenters. The normalized spacial score (nSPS) is 24.3. The average Bonchev–Trinajstić information content (AvgIpc) is 2.36. The van der Waals surface area contributed by atoms with Crippen molar-refractivity contribution in [1.82, 2.24) is 9.55 Å². The number of fused-ring (bicyclic) bond motifs is 1. The Morgan fingerprint density at radius 1 is 1.70 bits per heavy atom. The van der Waals surface area contributed by atoms with Crippen LogP contribution in [0.5, 0.6) is 0 Å². The minimum Gasteiger partial charge on any atom is -0.334 e. The molecule has 2 heterocycles. The van der Waals surface area contributed by atoms with Crippen molar-refractivity contribution >= 4 is 22.6 Å². The van der Waals surface area contributed by atoms with Gasteiger partial charge in [0.15, 0.2) is 0 Å². The van der Waals surface area contributed by atoms with Crippen LogP contribution >= 0.6 is 22.6 Å². The Morgan fingerprint density at radius 2 is 2.60 bits per heavy atom. The molecule has 1 aromatic heterocycles. The van der Waals surface area contributed by atoms with Crippen molar-refractivity contribution in [3.63, 3.8) is 0 Å². The molecule has 1 aliphatic rings. The fourth-order valence-corrected chi connectivity index (χ4v) is 2.32. The van der Waals surface area contributed by atoms with E-state index in [1.807, 2.05) is 6.20 Å². The summed E-state index contributed by atoms with van der Waals surface area (Å²) >= 11 is 2.46. The third-order valence-electron chi connectivity index (χ3n) is 1.88. The first-order chi connectivity index (χ1) is 4.88. The van der Waals surface area contributed by atoms with E-state index in [1.165, 1.54) is 18.7 Å². The average molecular weight is 248 g/mol. The molecular weight excluding hydrogens is 239 g/mol. The molecule has 3 heteroatoms. The summed E-state index contributed by atoms with van der Waals surface area (Å²) in [4.78, 5) is 4.29. The molecular formula is C7H9IN2. The number of imidazole rings is 1. The standard InChI is InChI=1S/C7H9IN2/c8-6-2-1-4-10-5-3-9-7(6)10/h3,5-6H,1-2,4H2. The Morgan fingerprint density at radius 3 is 3.40 bits per heavy atom. The van der Waals surface area contributed by atoms with Crippen LogP contribution in [0.15, 0.2) is 12.4 Å². The molecule has 0 spiro atoms. The van der Waals surface area contributed by atoms with Gasteiger partial charge >= 0.3 is 0 Å². The minimum atomic E-state index is 0.640. The topological polar surface area (TPSA) is 17.8 Å². The Labute approximate surface area is 73.8 Å². The van der Waals surface area contributed by atoms with Crippen LogP contribution in [-0.2, 0) is 6.54 Å². The lowest BCUT2D eigenvalue weighted by Gasteiger charge is -2.17. The summed E-state index contributed by atoms with van der Waals surface area (Å²) in [5.74, 6) is 1.26. The predicted molar refractivity (Wildman–Crippen MR) is 48.2 cm³/mol. The molecule has 10 heavy (non-hydrogen) atoms. The van der Waals surface area contributed by atoms with Crippen LogP contribution in [0.25, 0.3) is 0 Å². The Balaban J connectivity index is 2.41. The number of halogens is 1. The predicted octanol–water partition coefficient (Wildman–Crippen LogP) is 2.15. The first-order valence-electron chi connectivity index (χ1n) is 3.53. The lowest BCUT2D eigenvalue weighted by molar-refractivity contribution is 0.524. The molecule has 0 aliphatic carbocycles. The molecule has 0 amide bonds. The van der Waals surface area contributed by atoms with Crippen molar-refractivity contribution in [1.29, 1.82) is 0 Å². The van der Waals surface area contributed by atoms with Crippen molar-refractivity contribution in [2.75, 3.05) is 0 Å². The summed E-state index contributed by atoms with van der Waals surface area (Å²) in [6, 6.07) is 0. The first kappa shape index (κ1) is 6.64. The maximum Gasteiger partial charge on any atom is 0.121 e. The van der Waals surface area contributed by atoms with Crippen LogP contribution in [0.2, 0.25) is 0 Å². The molecule has 1 unspecified atom stereocenters. The molecule has 0 bridgehead atoms. The van der Waals surface area contributed by atoms with Gasteiger partial charge < -0.3 is 4.57 Å². The van der Waals surface area contributed by atoms with Gasteiger partial charge in [0, 0.05) is 18.9 Å². The molecule has 0 saturated heterocycles. The summed E-state index contributed by atoms with van der Waals surface area (Å²) in [7, 11) is 0. The molecule has 54 valence electrons. The number of aromatic nitrogens is 2. The Hall–Kier alpha value is -0.0600. The third kappa shape index (κ3) is 0.962. The number of rotatable bonds is 0. The summed E-state index contributed by atoms with van der Waals surface area (Å²) in [5, 5.41) is 0. The van der Waals surface area contributed by atoms with Crippen LogP contribution in [0.1, 0.15) is 22.6 Å². The molecule has 0 N–H and O–H groups in total. The van der Waals surface area contributed by atoms with Gasteiger partial charge in [-0.25, -0.2) is 4.98 Å². The maximum atomic E-state index is 4.29. The van der Waals surface area contributed by atoms with Gasteiger partial charge in [0.05, 0.1) is 3.92 Å². The van der Waals surface area contributed by atoms with Crippen LogP contribution in [-0.4, -0.2) is 9.55 Å². The molecule has 0 radical (unpaired) electrons. The van der Waals surface area contributed by atoms with Gasteiger partial charge in [0.2, 0.25) is 0 Å². The Bertz CT molecular complexity index is 231. The van der Waals surface area contributed by atoms with Gasteiger partial charge in [-0.3, -0.25) is 0 Å². The molecule has 2 rings (SSSR count). The highest BCUT2D eigenvalue weighted by molar-refractivity contribution is 14.1. The highest BCUT2D eigenvalue weighted by atomic mass is 127. The fraction of sp³-hybridized carbons (Fsp3) is 0.571. The monoisotopic (exact) mass is 248 g/mol. The van der Waals surface area contributed by atoms with E-state index in [-0.39, 0.29) is 0 Å². The van der Waals surface area contributed by atoms with E-state index in [0.29, 0.717) is 3.92 Å². The SMILES string of the molecule is IC1CCCn2ccnc21. The summed E-state index contributed by atoms with van der Waals surface area (Å²) in [6.07, 6.45) is 6.56. The number of hydrogen-bond donors (Lipinski definition) is 0. The van der Waals surface area contributed by atoms with Crippen molar-refractivity contribution in [3.05, 3.63) is 18.2 Å². The summed E-state index contributed by atoms with van der Waals surface area (Å²) in [6.45, 7) is 1.16. The van der Waals surface area contributed by atoms with Crippen molar-refractivity contribution < 1.29 is 0 Å². The number of hydrogen-bond acceptors (Lipinski definition) is 1. The van der Waals surface area contributed by atoms with E-state index < -0.39 is 0 Å². The molecule has 0 saturated carbocycles. The zero-order valence-corrected chi connectivity index (χ0v) is 7.78. The van der Waals surface area contributed by atoms with E-state index in [9.17, 15) is 0 Å². The number of alkyl halides is 1. The number of aryl methyl sites for hydroxylation is 1. The van der Waals surface area contributed by atoms with Crippen molar-refractivity contribution in [2.24, 2.45) is 0 Å². The van der Waals surface area contributed by atoms with Crippen molar-refractivity contribution in [3.8, 4) is 0 Å². The van der Waals surface area contributed by atoms with Gasteiger partial charge in [0.1, 0.15) is 5.82 Å². The van der Waals surface area contributed by atoms with Gasteiger partial charge in [-0.05, 0) is 12.8 Å². The molecule has 1 aromatic rings. The second kappa shape index (κ2) is 2.53. The van der Waals surface area contributed by atoms with E-state index in [0.717, 1.165) is 6.54 Å². The highest BCUT2D eigenvalue weighted by Gasteiger charge is 2.17. The molecule has 0 aromatic carbocycles. The summed E-state index contributed by atoms with van der Waals surface area (Å²) in [5.41, 5.74) is 0. The van der Waals surface area contributed by atoms with Gasteiger partial charge in [-0.2, -0.15) is 0 Å². The molecule has 1 aliphatic heterocycles. The van der Waals surface area contributed by atoms with Gasteiger partial charge in [-0.15, -0.1) is 0 Å². The van der Waals surface area contributed by atoms with E-state index >= 15 is 0 Å². The lowest BCUT2D eigenvalue weighted by atomic mass is 10.2. The van der Waals surface area contributed by atoms with E-state index in [2.05, 4.69) is 38.3 Å². The van der Waals surface area contributed by atoms with Crippen LogP contribution < -0.4 is 0 Å². The molecule has 0 fully saturated rings. The zero-order chi connectivity index (χ0) is 6.97. The lowest BCUT2D eigenvalue weighted by Crippen LogP contribution is -2.11.